The summed E-state index contributed by atoms with van der Waals surface area (Å²) in [6.07, 6.45) is -3.71. The van der Waals surface area contributed by atoms with Crippen molar-refractivity contribution in [2.75, 3.05) is 23.7 Å². The highest BCUT2D eigenvalue weighted by atomic mass is 19.4. The predicted octanol–water partition coefficient (Wildman–Crippen LogP) is 3.78. The van der Waals surface area contributed by atoms with E-state index in [0.29, 0.717) is 30.4 Å². The molecule has 8 nitrogen and oxygen atoms in total. The van der Waals surface area contributed by atoms with E-state index in [0.717, 1.165) is 33.7 Å². The fourth-order valence-corrected chi connectivity index (χ4v) is 6.15. The van der Waals surface area contributed by atoms with Crippen LogP contribution in [0.15, 0.2) is 54.7 Å². The summed E-state index contributed by atoms with van der Waals surface area (Å²) in [6, 6.07) is 8.59. The van der Waals surface area contributed by atoms with Gasteiger partial charge in [0.05, 0.1) is 23.9 Å². The molecule has 218 valence electrons. The zero-order valence-electron chi connectivity index (χ0n) is 21.9. The third-order valence-electron chi connectivity index (χ3n) is 8.00. The minimum absolute atomic E-state index is 0.000881. The number of rotatable bonds is 5. The van der Waals surface area contributed by atoms with Crippen LogP contribution in [0.3, 0.4) is 0 Å². The number of carbonyl (C=O) groups is 3. The molecule has 0 radical (unpaired) electrons. The highest BCUT2D eigenvalue weighted by molar-refractivity contribution is 6.06. The van der Waals surface area contributed by atoms with Crippen LogP contribution in [0.1, 0.15) is 34.7 Å². The third kappa shape index (κ3) is 5.08. The molecule has 2 aliphatic heterocycles. The molecular weight excluding hydrogens is 561 g/mol. The van der Waals surface area contributed by atoms with Gasteiger partial charge in [0.25, 0.3) is 0 Å². The minimum atomic E-state index is -4.66. The van der Waals surface area contributed by atoms with Crippen molar-refractivity contribution >= 4 is 29.2 Å². The summed E-state index contributed by atoms with van der Waals surface area (Å²) < 4.78 is 67.3. The molecule has 3 aromatic rings. The van der Waals surface area contributed by atoms with Gasteiger partial charge >= 0.3 is 6.18 Å². The van der Waals surface area contributed by atoms with E-state index in [2.05, 4.69) is 20.9 Å². The number of fused-ring (bicyclic) bond motifs is 3. The fourth-order valence-electron chi connectivity index (χ4n) is 6.15. The number of anilines is 2. The molecule has 0 bridgehead atoms. The summed E-state index contributed by atoms with van der Waals surface area (Å²) >= 11 is 0. The largest absolute Gasteiger partial charge is 0.391 e. The summed E-state index contributed by atoms with van der Waals surface area (Å²) in [5.74, 6) is -3.23. The SMILES string of the molecule is O=C(CN1C(=O)[C@@H](CC(F)(F)F)NC[C@H]1c1cc(F)cc(F)c1)Nc1ccc2c(c1)C[C@@]1(C2)C(=O)Nc2ncccc21. The van der Waals surface area contributed by atoms with Crippen LogP contribution in [0.25, 0.3) is 0 Å². The second-order valence-electron chi connectivity index (χ2n) is 10.8. The second-order valence-corrected chi connectivity index (χ2v) is 10.8. The Balaban J connectivity index is 1.22. The van der Waals surface area contributed by atoms with Crippen LogP contribution < -0.4 is 16.0 Å². The standard InChI is InChI=1S/C29H24F5N5O3/c30-18-6-16(7-19(31)9-18)23-13-36-22(12-29(32,33)34)26(41)39(23)14-24(40)37-20-4-3-15-10-28(11-17(15)8-20)21-2-1-5-35-25(21)38-27(28)42/h1-9,22-23,36H,10-14H2,(H,37,40)(H,35,38,42)/t22-,23+,28-/m1/s1. The van der Waals surface area contributed by atoms with Crippen LogP contribution in [-0.2, 0) is 32.6 Å². The van der Waals surface area contributed by atoms with Crippen molar-refractivity contribution in [2.45, 2.75) is 42.9 Å². The molecule has 1 aliphatic carbocycles. The van der Waals surface area contributed by atoms with Gasteiger partial charge in [-0.1, -0.05) is 12.1 Å². The normalized spacial score (nSPS) is 23.1. The lowest BCUT2D eigenvalue weighted by Crippen LogP contribution is -2.58. The number of nitrogens with zero attached hydrogens (tertiary/aromatic N) is 2. The Morgan fingerprint density at radius 3 is 2.52 bits per heavy atom. The Labute approximate surface area is 236 Å². The van der Waals surface area contributed by atoms with Crippen LogP contribution >= 0.6 is 0 Å². The van der Waals surface area contributed by atoms with Crippen molar-refractivity contribution in [2.24, 2.45) is 0 Å². The number of amides is 3. The molecule has 3 heterocycles. The smallest absolute Gasteiger partial charge is 0.325 e. The third-order valence-corrected chi connectivity index (χ3v) is 8.00. The Morgan fingerprint density at radius 2 is 1.79 bits per heavy atom. The van der Waals surface area contributed by atoms with Gasteiger partial charge < -0.3 is 20.9 Å². The van der Waals surface area contributed by atoms with Gasteiger partial charge in [0.15, 0.2) is 0 Å². The lowest BCUT2D eigenvalue weighted by Gasteiger charge is -2.40. The first-order valence-electron chi connectivity index (χ1n) is 13.2. The van der Waals surface area contributed by atoms with Crippen molar-refractivity contribution in [3.05, 3.63) is 88.6 Å². The molecule has 3 atom stereocenters. The number of piperazine rings is 1. The van der Waals surface area contributed by atoms with Gasteiger partial charge in [0.1, 0.15) is 24.0 Å². The Kier molecular flexibility index (Phi) is 6.71. The van der Waals surface area contributed by atoms with Crippen LogP contribution in [-0.4, -0.2) is 52.9 Å². The van der Waals surface area contributed by atoms with Crippen molar-refractivity contribution in [1.29, 1.82) is 0 Å². The van der Waals surface area contributed by atoms with Gasteiger partial charge in [-0.25, -0.2) is 13.8 Å². The van der Waals surface area contributed by atoms with E-state index in [9.17, 15) is 36.3 Å². The molecule has 2 aromatic carbocycles. The zero-order valence-corrected chi connectivity index (χ0v) is 21.9. The van der Waals surface area contributed by atoms with Crippen molar-refractivity contribution < 1.29 is 36.3 Å². The number of hydrogen-bond donors (Lipinski definition) is 3. The van der Waals surface area contributed by atoms with E-state index in [1.807, 2.05) is 6.07 Å². The van der Waals surface area contributed by atoms with Gasteiger partial charge in [-0.05, 0) is 59.9 Å². The monoisotopic (exact) mass is 585 g/mol. The first-order valence-corrected chi connectivity index (χ1v) is 13.2. The second kappa shape index (κ2) is 10.2. The highest BCUT2D eigenvalue weighted by Crippen LogP contribution is 2.47. The Bertz CT molecular complexity index is 1590. The van der Waals surface area contributed by atoms with Crippen LogP contribution in [0, 0.1) is 11.6 Å². The van der Waals surface area contributed by atoms with Crippen molar-refractivity contribution in [3.8, 4) is 0 Å². The maximum Gasteiger partial charge on any atom is 0.391 e. The first kappa shape index (κ1) is 27.8. The molecule has 42 heavy (non-hydrogen) atoms. The summed E-state index contributed by atoms with van der Waals surface area (Å²) in [7, 11) is 0. The first-order chi connectivity index (χ1) is 19.9. The molecule has 13 heteroatoms. The lowest BCUT2D eigenvalue weighted by atomic mass is 9.79. The molecule has 1 aromatic heterocycles. The average molecular weight is 586 g/mol. The summed E-state index contributed by atoms with van der Waals surface area (Å²) in [5, 5.41) is 8.00. The molecule has 0 saturated carbocycles. The number of nitrogens with one attached hydrogen (secondary N) is 3. The molecule has 1 fully saturated rings. The van der Waals surface area contributed by atoms with E-state index in [1.165, 1.54) is 0 Å². The highest BCUT2D eigenvalue weighted by Gasteiger charge is 2.51. The van der Waals surface area contributed by atoms with Crippen LogP contribution in [0.4, 0.5) is 33.5 Å². The fraction of sp³-hybridized carbons (Fsp3) is 0.310. The Morgan fingerprint density at radius 1 is 1.05 bits per heavy atom. The average Bonchev–Trinajstić information content (AvgIpc) is 3.42. The number of aromatic nitrogens is 1. The van der Waals surface area contributed by atoms with Crippen LogP contribution in [0.2, 0.25) is 0 Å². The maximum atomic E-state index is 14.0. The number of carbonyl (C=O) groups excluding carboxylic acids is 3. The molecule has 3 aliphatic rings. The summed E-state index contributed by atoms with van der Waals surface area (Å²) in [4.78, 5) is 44.4. The molecule has 6 rings (SSSR count). The zero-order chi connectivity index (χ0) is 29.8. The molecular formula is C29H24F5N5O3. The van der Waals surface area contributed by atoms with Gasteiger partial charge in [0, 0.05) is 30.1 Å². The summed E-state index contributed by atoms with van der Waals surface area (Å²) in [6.45, 7) is -0.901. The van der Waals surface area contributed by atoms with Crippen LogP contribution in [0.5, 0.6) is 0 Å². The number of benzene rings is 2. The van der Waals surface area contributed by atoms with Gasteiger partial charge in [-0.3, -0.25) is 14.4 Å². The number of pyridine rings is 1. The minimum Gasteiger partial charge on any atom is -0.325 e. The van der Waals surface area contributed by atoms with E-state index >= 15 is 0 Å². The number of halogens is 5. The quantitative estimate of drug-likeness (QED) is 0.396. The Hall–Kier alpha value is -4.39. The maximum absolute atomic E-state index is 14.0. The summed E-state index contributed by atoms with van der Waals surface area (Å²) in [5.41, 5.74) is 2.09. The van der Waals surface area contributed by atoms with Gasteiger partial charge in [0.2, 0.25) is 17.7 Å². The van der Waals surface area contributed by atoms with E-state index in [4.69, 9.17) is 0 Å². The molecule has 1 spiro atoms. The van der Waals surface area contributed by atoms with Crippen molar-refractivity contribution in [3.63, 3.8) is 0 Å². The topological polar surface area (TPSA) is 103 Å². The lowest BCUT2D eigenvalue weighted by molar-refractivity contribution is -0.160. The number of hydrogen-bond acceptors (Lipinski definition) is 5. The van der Waals surface area contributed by atoms with E-state index < -0.39 is 60.1 Å². The molecule has 1 saturated heterocycles. The number of alkyl halides is 3. The van der Waals surface area contributed by atoms with E-state index in [-0.39, 0.29) is 18.0 Å². The molecule has 3 N–H and O–H groups in total. The molecule has 3 amide bonds. The van der Waals surface area contributed by atoms with Gasteiger partial charge in [-0.15, -0.1) is 0 Å². The molecule has 0 unspecified atom stereocenters. The van der Waals surface area contributed by atoms with Crippen molar-refractivity contribution in [1.82, 2.24) is 15.2 Å². The predicted molar refractivity (Wildman–Crippen MR) is 140 cm³/mol. The van der Waals surface area contributed by atoms with E-state index in [1.54, 1.807) is 30.5 Å². The van der Waals surface area contributed by atoms with Gasteiger partial charge in [-0.2, -0.15) is 13.2 Å².